The van der Waals surface area contributed by atoms with Crippen LogP contribution in [0.2, 0.25) is 0 Å². The summed E-state index contributed by atoms with van der Waals surface area (Å²) in [6.45, 7) is 7.54. The van der Waals surface area contributed by atoms with Crippen molar-refractivity contribution in [1.82, 2.24) is 9.21 Å². The fourth-order valence-corrected chi connectivity index (χ4v) is 6.97. The first kappa shape index (κ1) is 25.6. The lowest BCUT2D eigenvalue weighted by molar-refractivity contribution is 0.105. The SMILES string of the molecule is CN(C)S(=O)(=O)c1cc2c(cc1N1CCN(CCO)CC1)C(C)(C)C1=C(C2=O)c2ccc(C#N)cc2C1. The molecule has 0 saturated carbocycles. The second-order valence-electron chi connectivity index (χ2n) is 10.7. The Morgan fingerprint density at radius 1 is 1.08 bits per heavy atom. The highest BCUT2D eigenvalue weighted by atomic mass is 32.2. The number of rotatable bonds is 5. The molecule has 8 nitrogen and oxygen atoms in total. The Morgan fingerprint density at radius 2 is 1.78 bits per heavy atom. The maximum Gasteiger partial charge on any atom is 0.244 e. The molecule has 0 bridgehead atoms. The van der Waals surface area contributed by atoms with Gasteiger partial charge in [0.1, 0.15) is 4.90 Å². The van der Waals surface area contributed by atoms with Crippen molar-refractivity contribution in [2.45, 2.75) is 30.6 Å². The molecule has 1 N–H and O–H groups in total. The number of allylic oxidation sites excluding steroid dienone is 2. The molecular formula is C28H32N4O4S. The maximum atomic E-state index is 14.0. The van der Waals surface area contributed by atoms with Crippen LogP contribution in [0.25, 0.3) is 5.57 Å². The molecule has 3 aliphatic rings. The first-order valence-electron chi connectivity index (χ1n) is 12.5. The van der Waals surface area contributed by atoms with E-state index in [1.807, 2.05) is 18.2 Å². The van der Waals surface area contributed by atoms with Crippen LogP contribution >= 0.6 is 0 Å². The van der Waals surface area contributed by atoms with Crippen LogP contribution in [0.5, 0.6) is 0 Å². The van der Waals surface area contributed by atoms with Crippen molar-refractivity contribution in [1.29, 1.82) is 5.26 Å². The summed E-state index contributed by atoms with van der Waals surface area (Å²) >= 11 is 0. The molecule has 1 aliphatic heterocycles. The lowest BCUT2D eigenvalue weighted by Crippen LogP contribution is -2.48. The highest BCUT2D eigenvalue weighted by molar-refractivity contribution is 7.89. The second-order valence-corrected chi connectivity index (χ2v) is 12.8. The third-order valence-electron chi connectivity index (χ3n) is 8.06. The van der Waals surface area contributed by atoms with E-state index in [-0.39, 0.29) is 17.3 Å². The number of hydrogen-bond acceptors (Lipinski definition) is 7. The average Bonchev–Trinajstić information content (AvgIpc) is 3.27. The highest BCUT2D eigenvalue weighted by Crippen LogP contribution is 2.51. The highest BCUT2D eigenvalue weighted by Gasteiger charge is 2.44. The molecule has 2 aromatic rings. The minimum atomic E-state index is -3.83. The lowest BCUT2D eigenvalue weighted by Gasteiger charge is -2.39. The summed E-state index contributed by atoms with van der Waals surface area (Å²) < 4.78 is 28.2. The molecule has 1 saturated heterocycles. The zero-order valence-corrected chi connectivity index (χ0v) is 22.5. The molecule has 0 aromatic heterocycles. The van der Waals surface area contributed by atoms with Crippen LogP contribution in [0.3, 0.4) is 0 Å². The van der Waals surface area contributed by atoms with E-state index in [0.29, 0.717) is 61.5 Å². The Hall–Kier alpha value is -3.03. The Bertz CT molecular complexity index is 1480. The maximum absolute atomic E-state index is 14.0. The predicted octanol–water partition coefficient (Wildman–Crippen LogP) is 2.41. The van der Waals surface area contributed by atoms with Crippen molar-refractivity contribution >= 4 is 27.1 Å². The number of aliphatic hydroxyl groups is 1. The Balaban J connectivity index is 1.66. The molecule has 2 aromatic carbocycles. The molecule has 37 heavy (non-hydrogen) atoms. The number of Topliss-reactive ketones (excluding diaryl/α,β-unsaturated/α-hetero) is 1. The number of sulfonamides is 1. The summed E-state index contributed by atoms with van der Waals surface area (Å²) in [5.74, 6) is -0.165. The van der Waals surface area contributed by atoms with Gasteiger partial charge < -0.3 is 10.0 Å². The predicted molar refractivity (Wildman–Crippen MR) is 142 cm³/mol. The number of hydrogen-bond donors (Lipinski definition) is 1. The Morgan fingerprint density at radius 3 is 2.41 bits per heavy atom. The van der Waals surface area contributed by atoms with Crippen molar-refractivity contribution in [3.63, 3.8) is 0 Å². The smallest absolute Gasteiger partial charge is 0.244 e. The van der Waals surface area contributed by atoms with Crippen LogP contribution in [0.4, 0.5) is 5.69 Å². The van der Waals surface area contributed by atoms with E-state index >= 15 is 0 Å². The average molecular weight is 521 g/mol. The molecule has 194 valence electrons. The minimum Gasteiger partial charge on any atom is -0.395 e. The molecule has 0 amide bonds. The largest absolute Gasteiger partial charge is 0.395 e. The quantitative estimate of drug-likeness (QED) is 0.646. The number of piperazine rings is 1. The Labute approximate surface area is 218 Å². The lowest BCUT2D eigenvalue weighted by atomic mass is 9.68. The van der Waals surface area contributed by atoms with Gasteiger partial charge in [-0.15, -0.1) is 0 Å². The van der Waals surface area contributed by atoms with E-state index in [9.17, 15) is 23.6 Å². The fourth-order valence-electron chi connectivity index (χ4n) is 5.86. The first-order valence-corrected chi connectivity index (χ1v) is 14.0. The van der Waals surface area contributed by atoms with E-state index in [4.69, 9.17) is 0 Å². The van der Waals surface area contributed by atoms with Gasteiger partial charge in [-0.05, 0) is 52.9 Å². The summed E-state index contributed by atoms with van der Waals surface area (Å²) in [7, 11) is -0.824. The molecule has 2 aliphatic carbocycles. The van der Waals surface area contributed by atoms with Crippen molar-refractivity contribution in [3.8, 4) is 6.07 Å². The number of benzene rings is 2. The number of nitrogens with zero attached hydrogens (tertiary/aromatic N) is 4. The van der Waals surface area contributed by atoms with Crippen LogP contribution in [0, 0.1) is 11.3 Å². The monoisotopic (exact) mass is 520 g/mol. The Kier molecular flexibility index (Phi) is 6.28. The zero-order valence-electron chi connectivity index (χ0n) is 21.7. The normalized spacial score (nSPS) is 19.1. The summed E-state index contributed by atoms with van der Waals surface area (Å²) in [5.41, 5.74) is 5.36. The van der Waals surface area contributed by atoms with Crippen LogP contribution in [0.15, 0.2) is 40.8 Å². The van der Waals surface area contributed by atoms with Gasteiger partial charge in [-0.3, -0.25) is 9.69 Å². The minimum absolute atomic E-state index is 0.0884. The van der Waals surface area contributed by atoms with Gasteiger partial charge in [0.2, 0.25) is 10.0 Å². The molecule has 0 atom stereocenters. The van der Waals surface area contributed by atoms with Crippen molar-refractivity contribution in [2.24, 2.45) is 0 Å². The number of fused-ring (bicyclic) bond motifs is 3. The number of carbonyl (C=O) groups excluding carboxylic acids is 1. The van der Waals surface area contributed by atoms with Crippen LogP contribution in [0.1, 0.15) is 46.5 Å². The molecule has 0 spiro atoms. The number of β-amino-alcohol motifs (C(OH)–C–C–N with tert-alkyl or cyclic N) is 1. The van der Waals surface area contributed by atoms with E-state index in [1.165, 1.54) is 18.4 Å². The number of anilines is 1. The van der Waals surface area contributed by atoms with Crippen molar-refractivity contribution < 1.29 is 18.3 Å². The van der Waals surface area contributed by atoms with Crippen LogP contribution in [-0.2, 0) is 21.9 Å². The first-order chi connectivity index (χ1) is 17.5. The fraction of sp³-hybridized carbons (Fsp3) is 0.429. The van der Waals surface area contributed by atoms with Gasteiger partial charge in [-0.25, -0.2) is 12.7 Å². The molecule has 1 fully saturated rings. The van der Waals surface area contributed by atoms with Gasteiger partial charge in [-0.2, -0.15) is 5.26 Å². The third-order valence-corrected chi connectivity index (χ3v) is 9.90. The number of carbonyl (C=O) groups is 1. The molecule has 9 heteroatoms. The third kappa shape index (κ3) is 3.99. The summed E-state index contributed by atoms with van der Waals surface area (Å²) in [6, 6.07) is 11.1. The van der Waals surface area contributed by atoms with Crippen LogP contribution < -0.4 is 4.90 Å². The molecular weight excluding hydrogens is 488 g/mol. The number of nitriles is 1. The standard InChI is InChI=1S/C28H32N4O4S/c1-28(2)22-16-24(32-9-7-31(8-10-32)11-12-33)25(37(35,36)30(3)4)15-21(22)27(34)26-20-6-5-18(17-29)13-19(20)14-23(26)28/h5-6,13,15-16,33H,7-12,14H2,1-4H3. The topological polar surface area (TPSA) is 105 Å². The van der Waals surface area contributed by atoms with Gasteiger partial charge in [-0.1, -0.05) is 19.9 Å². The van der Waals surface area contributed by atoms with Crippen molar-refractivity contribution in [3.05, 3.63) is 63.7 Å². The zero-order chi connectivity index (χ0) is 26.7. The van der Waals surface area contributed by atoms with Gasteiger partial charge in [0.15, 0.2) is 5.78 Å². The summed E-state index contributed by atoms with van der Waals surface area (Å²) in [6.07, 6.45) is 0.589. The number of aliphatic hydroxyl groups excluding tert-OH is 1. The van der Waals surface area contributed by atoms with Crippen molar-refractivity contribution in [2.75, 3.05) is 58.3 Å². The van der Waals surface area contributed by atoms with E-state index < -0.39 is 15.4 Å². The number of ketones is 1. The van der Waals surface area contributed by atoms with E-state index in [1.54, 1.807) is 12.1 Å². The van der Waals surface area contributed by atoms with Gasteiger partial charge in [0.05, 0.1) is 23.9 Å². The molecule has 5 rings (SSSR count). The second kappa shape index (κ2) is 9.07. The summed E-state index contributed by atoms with van der Waals surface area (Å²) in [5, 5.41) is 18.7. The molecule has 1 heterocycles. The van der Waals surface area contributed by atoms with E-state index in [2.05, 4.69) is 29.7 Å². The van der Waals surface area contributed by atoms with Gasteiger partial charge >= 0.3 is 0 Å². The van der Waals surface area contributed by atoms with Gasteiger partial charge in [0, 0.05) is 63.4 Å². The summed E-state index contributed by atoms with van der Waals surface area (Å²) in [4.78, 5) is 18.4. The molecule has 0 unspecified atom stereocenters. The molecule has 0 radical (unpaired) electrons. The van der Waals surface area contributed by atoms with Gasteiger partial charge in [0.25, 0.3) is 0 Å². The van der Waals surface area contributed by atoms with E-state index in [0.717, 1.165) is 22.3 Å². The van der Waals surface area contributed by atoms with Crippen LogP contribution in [-0.4, -0.2) is 81.9 Å².